The minimum atomic E-state index is -0.516. The van der Waals surface area contributed by atoms with Crippen molar-refractivity contribution in [2.75, 3.05) is 19.5 Å². The second-order valence-corrected chi connectivity index (χ2v) is 8.48. The lowest BCUT2D eigenvalue weighted by molar-refractivity contribution is -0.112. The zero-order valence-corrected chi connectivity index (χ0v) is 21.4. The Bertz CT molecular complexity index is 1530. The summed E-state index contributed by atoms with van der Waals surface area (Å²) >= 11 is 0. The molecule has 4 rings (SSSR count). The van der Waals surface area contributed by atoms with Gasteiger partial charge in [0.25, 0.3) is 5.91 Å². The quantitative estimate of drug-likeness (QED) is 0.147. The summed E-state index contributed by atoms with van der Waals surface area (Å²) in [5.41, 5.74) is 3.04. The lowest BCUT2D eigenvalue weighted by atomic mass is 10.0. The van der Waals surface area contributed by atoms with Crippen LogP contribution >= 0.6 is 0 Å². The van der Waals surface area contributed by atoms with E-state index in [1.165, 1.54) is 6.08 Å². The first-order valence-corrected chi connectivity index (χ1v) is 12.0. The SMILES string of the molecule is C=CCc1cc(/C=C(\C#N)C(=O)Nc2ccc(OC)cc2)cc(OC)c1OCc1cccc2ccccc12. The van der Waals surface area contributed by atoms with Gasteiger partial charge in [-0.05, 0) is 70.8 Å². The van der Waals surface area contributed by atoms with Crippen molar-refractivity contribution in [2.45, 2.75) is 13.0 Å². The van der Waals surface area contributed by atoms with E-state index in [4.69, 9.17) is 14.2 Å². The number of carbonyl (C=O) groups excluding carboxylic acids is 1. The molecule has 1 N–H and O–H groups in total. The Morgan fingerprint density at radius 3 is 2.45 bits per heavy atom. The second kappa shape index (κ2) is 12.3. The Hall–Kier alpha value is -5.02. The van der Waals surface area contributed by atoms with Gasteiger partial charge < -0.3 is 19.5 Å². The van der Waals surface area contributed by atoms with Gasteiger partial charge in [0.2, 0.25) is 0 Å². The zero-order valence-electron chi connectivity index (χ0n) is 21.4. The standard InChI is InChI=1S/C32H28N2O4/c1-4-8-24-17-22(18-26(20-33)32(35)34-27-13-15-28(36-2)16-14-27)19-30(37-3)31(24)38-21-25-11-7-10-23-9-5-6-12-29(23)25/h4-7,9-19H,1,8,21H2,2-3H3,(H,34,35)/b26-18+. The van der Waals surface area contributed by atoms with E-state index in [-0.39, 0.29) is 5.57 Å². The second-order valence-electron chi connectivity index (χ2n) is 8.48. The Labute approximate surface area is 222 Å². The van der Waals surface area contributed by atoms with Gasteiger partial charge in [-0.3, -0.25) is 4.79 Å². The van der Waals surface area contributed by atoms with E-state index in [0.717, 1.165) is 21.9 Å². The number of anilines is 1. The van der Waals surface area contributed by atoms with Gasteiger partial charge in [0.15, 0.2) is 11.5 Å². The monoisotopic (exact) mass is 504 g/mol. The molecule has 0 aliphatic rings. The molecule has 0 atom stereocenters. The molecule has 190 valence electrons. The average Bonchev–Trinajstić information content (AvgIpc) is 2.95. The highest BCUT2D eigenvalue weighted by atomic mass is 16.5. The number of nitriles is 1. The highest BCUT2D eigenvalue weighted by molar-refractivity contribution is 6.09. The van der Waals surface area contributed by atoms with E-state index in [1.54, 1.807) is 50.6 Å². The number of methoxy groups -OCH3 is 2. The molecule has 0 radical (unpaired) electrons. The van der Waals surface area contributed by atoms with Gasteiger partial charge in [-0.15, -0.1) is 6.58 Å². The number of carbonyl (C=O) groups is 1. The average molecular weight is 505 g/mol. The summed E-state index contributed by atoms with van der Waals surface area (Å²) in [6.07, 6.45) is 3.82. The molecule has 4 aromatic carbocycles. The number of allylic oxidation sites excluding steroid dienone is 1. The maximum Gasteiger partial charge on any atom is 0.266 e. The van der Waals surface area contributed by atoms with Crippen LogP contribution in [0.4, 0.5) is 5.69 Å². The number of nitrogens with one attached hydrogen (secondary N) is 1. The number of hydrogen-bond acceptors (Lipinski definition) is 5. The number of ether oxygens (including phenoxy) is 3. The normalized spacial score (nSPS) is 10.9. The van der Waals surface area contributed by atoms with E-state index in [1.807, 2.05) is 36.4 Å². The predicted octanol–water partition coefficient (Wildman–Crippen LogP) is 6.71. The van der Waals surface area contributed by atoms with Crippen LogP contribution in [-0.4, -0.2) is 20.1 Å². The summed E-state index contributed by atoms with van der Waals surface area (Å²) in [5.74, 6) is 1.25. The third-order valence-electron chi connectivity index (χ3n) is 6.01. The van der Waals surface area contributed by atoms with Gasteiger partial charge in [0.1, 0.15) is 24.0 Å². The number of benzene rings is 4. The number of amides is 1. The van der Waals surface area contributed by atoms with Crippen molar-refractivity contribution in [1.29, 1.82) is 5.26 Å². The van der Waals surface area contributed by atoms with Gasteiger partial charge in [-0.2, -0.15) is 5.26 Å². The number of nitrogens with zero attached hydrogens (tertiary/aromatic N) is 1. The molecule has 0 spiro atoms. The maximum atomic E-state index is 12.8. The van der Waals surface area contributed by atoms with Crippen LogP contribution in [0, 0.1) is 11.3 Å². The fraction of sp³-hybridized carbons (Fsp3) is 0.125. The highest BCUT2D eigenvalue weighted by Gasteiger charge is 2.15. The molecule has 6 heteroatoms. The van der Waals surface area contributed by atoms with Crippen molar-refractivity contribution in [2.24, 2.45) is 0 Å². The fourth-order valence-corrected chi connectivity index (χ4v) is 4.15. The van der Waals surface area contributed by atoms with Crippen LogP contribution in [0.15, 0.2) is 97.1 Å². The summed E-state index contributed by atoms with van der Waals surface area (Å²) in [4.78, 5) is 12.8. The topological polar surface area (TPSA) is 80.6 Å². The van der Waals surface area contributed by atoms with Crippen molar-refractivity contribution >= 4 is 28.4 Å². The molecule has 4 aromatic rings. The van der Waals surface area contributed by atoms with Crippen LogP contribution in [0.25, 0.3) is 16.8 Å². The van der Waals surface area contributed by atoms with Gasteiger partial charge in [0.05, 0.1) is 14.2 Å². The third kappa shape index (κ3) is 6.03. The Kier molecular flexibility index (Phi) is 8.42. The number of fused-ring (bicyclic) bond motifs is 1. The van der Waals surface area contributed by atoms with Crippen molar-refractivity contribution in [3.8, 4) is 23.3 Å². The van der Waals surface area contributed by atoms with Crippen molar-refractivity contribution in [1.82, 2.24) is 0 Å². The summed E-state index contributed by atoms with van der Waals surface area (Å²) in [6, 6.07) is 26.8. The molecule has 38 heavy (non-hydrogen) atoms. The first-order chi connectivity index (χ1) is 18.6. The molecule has 0 unspecified atom stereocenters. The van der Waals surface area contributed by atoms with Crippen molar-refractivity contribution in [3.05, 3.63) is 114 Å². The van der Waals surface area contributed by atoms with Crippen LogP contribution < -0.4 is 19.5 Å². The van der Waals surface area contributed by atoms with Gasteiger partial charge in [0, 0.05) is 11.3 Å². The van der Waals surface area contributed by atoms with E-state index < -0.39 is 5.91 Å². The minimum absolute atomic E-state index is 0.0446. The van der Waals surface area contributed by atoms with Gasteiger partial charge >= 0.3 is 0 Å². The van der Waals surface area contributed by atoms with Gasteiger partial charge in [-0.1, -0.05) is 48.5 Å². The van der Waals surface area contributed by atoms with Crippen molar-refractivity contribution in [3.63, 3.8) is 0 Å². The summed E-state index contributed by atoms with van der Waals surface area (Å²) in [5, 5.41) is 14.7. The van der Waals surface area contributed by atoms with Crippen LogP contribution in [-0.2, 0) is 17.8 Å². The largest absolute Gasteiger partial charge is 0.497 e. The predicted molar refractivity (Wildman–Crippen MR) is 150 cm³/mol. The third-order valence-corrected chi connectivity index (χ3v) is 6.01. The summed E-state index contributed by atoms with van der Waals surface area (Å²) in [7, 11) is 3.13. The molecule has 0 aliphatic carbocycles. The Morgan fingerprint density at radius 2 is 1.74 bits per heavy atom. The lowest BCUT2D eigenvalue weighted by Crippen LogP contribution is -2.13. The van der Waals surface area contributed by atoms with Crippen molar-refractivity contribution < 1.29 is 19.0 Å². The zero-order chi connectivity index (χ0) is 26.9. The molecular weight excluding hydrogens is 476 g/mol. The van der Waals surface area contributed by atoms with Crippen LogP contribution in [0.1, 0.15) is 16.7 Å². The maximum absolute atomic E-state index is 12.8. The summed E-state index contributed by atoms with van der Waals surface area (Å²) < 4.78 is 17.1. The van der Waals surface area contributed by atoms with E-state index in [2.05, 4.69) is 30.1 Å². The van der Waals surface area contributed by atoms with E-state index >= 15 is 0 Å². The van der Waals surface area contributed by atoms with Crippen LogP contribution in [0.5, 0.6) is 17.2 Å². The molecule has 0 fully saturated rings. The molecule has 0 heterocycles. The molecular formula is C32H28N2O4. The van der Waals surface area contributed by atoms with Crippen LogP contribution in [0.2, 0.25) is 0 Å². The minimum Gasteiger partial charge on any atom is -0.497 e. The molecule has 0 bridgehead atoms. The molecule has 0 aliphatic heterocycles. The first kappa shape index (κ1) is 26.1. The number of rotatable bonds is 10. The molecule has 6 nitrogen and oxygen atoms in total. The Morgan fingerprint density at radius 1 is 0.974 bits per heavy atom. The molecule has 1 amide bonds. The first-order valence-electron chi connectivity index (χ1n) is 12.0. The highest BCUT2D eigenvalue weighted by Crippen LogP contribution is 2.35. The molecule has 0 saturated heterocycles. The fourth-order valence-electron chi connectivity index (χ4n) is 4.15. The lowest BCUT2D eigenvalue weighted by Gasteiger charge is -2.17. The summed E-state index contributed by atoms with van der Waals surface area (Å²) in [6.45, 7) is 4.22. The molecule has 0 aromatic heterocycles. The van der Waals surface area contributed by atoms with E-state index in [0.29, 0.717) is 41.5 Å². The smallest absolute Gasteiger partial charge is 0.266 e. The Balaban J connectivity index is 1.61. The van der Waals surface area contributed by atoms with Gasteiger partial charge in [-0.25, -0.2) is 0 Å². The van der Waals surface area contributed by atoms with E-state index in [9.17, 15) is 10.1 Å². The van der Waals surface area contributed by atoms with Crippen LogP contribution in [0.3, 0.4) is 0 Å². The molecule has 0 saturated carbocycles. The number of hydrogen-bond donors (Lipinski definition) is 1.